The van der Waals surface area contributed by atoms with Gasteiger partial charge in [0.2, 0.25) is 11.5 Å². The number of hydrogen-bond donors (Lipinski definition) is 4. The zero-order valence-electron chi connectivity index (χ0n) is 15.0. The lowest BCUT2D eigenvalue weighted by atomic mass is 9.95. The van der Waals surface area contributed by atoms with Gasteiger partial charge in [0.05, 0.1) is 18.7 Å². The van der Waals surface area contributed by atoms with Gasteiger partial charge in [-0.1, -0.05) is 31.5 Å². The second-order valence-electron chi connectivity index (χ2n) is 6.31. The zero-order chi connectivity index (χ0) is 20.1. The number of halogens is 3. The Morgan fingerprint density at radius 2 is 2.11 bits per heavy atom. The number of dihydropyridines is 1. The lowest BCUT2D eigenvalue weighted by Crippen LogP contribution is -2.48. The topological polar surface area (TPSA) is 94.6 Å². The van der Waals surface area contributed by atoms with Crippen molar-refractivity contribution < 1.29 is 22.8 Å². The van der Waals surface area contributed by atoms with E-state index in [2.05, 4.69) is 26.5 Å². The highest BCUT2D eigenvalue weighted by Crippen LogP contribution is 2.32. The van der Waals surface area contributed by atoms with Gasteiger partial charge in [-0.15, -0.1) is 0 Å². The molecular weight excluding hydrogens is 383 g/mol. The minimum atomic E-state index is -4.43. The maximum Gasteiger partial charge on any atom is 0.414 e. The molecule has 2 heterocycles. The normalized spacial score (nSPS) is 27.7. The molecule has 0 saturated carbocycles. The average molecular weight is 406 g/mol. The first-order valence-corrected chi connectivity index (χ1v) is 9.54. The van der Waals surface area contributed by atoms with Gasteiger partial charge in [0.15, 0.2) is 16.5 Å². The van der Waals surface area contributed by atoms with Crippen LogP contribution in [0.2, 0.25) is 0 Å². The van der Waals surface area contributed by atoms with Gasteiger partial charge in [0.1, 0.15) is 0 Å². The van der Waals surface area contributed by atoms with Crippen LogP contribution in [0.15, 0.2) is 16.6 Å². The lowest BCUT2D eigenvalue weighted by Gasteiger charge is -2.26. The first-order valence-electron chi connectivity index (χ1n) is 8.59. The van der Waals surface area contributed by atoms with Crippen LogP contribution >= 0.6 is 11.8 Å². The molecule has 0 aromatic rings. The quantitative estimate of drug-likeness (QED) is 0.382. The molecule has 2 aliphatic rings. The van der Waals surface area contributed by atoms with E-state index in [-0.39, 0.29) is 11.5 Å². The Bertz CT molecular complexity index is 626. The van der Waals surface area contributed by atoms with Crippen molar-refractivity contribution >= 4 is 29.8 Å². The number of alkyl halides is 3. The number of unbranched alkanes of at least 4 members (excludes halogenated alkanes) is 2. The van der Waals surface area contributed by atoms with Gasteiger partial charge in [-0.05, 0) is 6.42 Å². The van der Waals surface area contributed by atoms with Crippen LogP contribution in [0.4, 0.5) is 13.2 Å². The molecule has 1 saturated heterocycles. The summed E-state index contributed by atoms with van der Waals surface area (Å²) in [7, 11) is 0. The van der Waals surface area contributed by atoms with Crippen LogP contribution in [0.3, 0.4) is 0 Å². The summed E-state index contributed by atoms with van der Waals surface area (Å²) in [6.45, 7) is 3.41. The third-order valence-electron chi connectivity index (χ3n) is 3.95. The number of carbonyl (C=O) groups is 2. The highest BCUT2D eigenvalue weighted by Gasteiger charge is 2.46. The molecule has 150 valence electrons. The van der Waals surface area contributed by atoms with Gasteiger partial charge in [0.25, 0.3) is 0 Å². The summed E-state index contributed by atoms with van der Waals surface area (Å²) >= 11 is 0.514. The van der Waals surface area contributed by atoms with Crippen molar-refractivity contribution in [2.45, 2.75) is 62.2 Å². The van der Waals surface area contributed by atoms with E-state index in [4.69, 9.17) is 0 Å². The summed E-state index contributed by atoms with van der Waals surface area (Å²) in [5.41, 5.74) is 2.76. The second-order valence-corrected chi connectivity index (χ2v) is 7.52. The molecule has 1 fully saturated rings. The summed E-state index contributed by atoms with van der Waals surface area (Å²) < 4.78 is 38.1. The lowest BCUT2D eigenvalue weighted by molar-refractivity contribution is -0.134. The van der Waals surface area contributed by atoms with Crippen LogP contribution < -0.4 is 21.5 Å². The highest BCUT2D eigenvalue weighted by atomic mass is 32.2. The van der Waals surface area contributed by atoms with E-state index in [1.807, 2.05) is 6.92 Å². The van der Waals surface area contributed by atoms with E-state index in [1.165, 1.54) is 19.6 Å². The van der Waals surface area contributed by atoms with Crippen molar-refractivity contribution in [3.05, 3.63) is 18.1 Å². The molecule has 11 heteroatoms. The number of rotatable bonds is 7. The number of nitrogens with one attached hydrogen (secondary N) is 4. The molecule has 2 aliphatic heterocycles. The van der Waals surface area contributed by atoms with E-state index in [9.17, 15) is 22.8 Å². The van der Waals surface area contributed by atoms with Crippen molar-refractivity contribution in [3.63, 3.8) is 0 Å². The summed E-state index contributed by atoms with van der Waals surface area (Å²) in [6, 6.07) is 0. The van der Waals surface area contributed by atoms with Crippen molar-refractivity contribution in [1.82, 2.24) is 21.5 Å². The Hall–Kier alpha value is -1.72. The van der Waals surface area contributed by atoms with Crippen LogP contribution in [0.5, 0.6) is 0 Å². The SMILES string of the molecule is CCCCCC1(NC(C)=O)C=C(C(=O)NC2NNC(C(F)(F)F)S2)[CH+]C=N1. The minimum Gasteiger partial charge on any atom is -0.318 e. The molecule has 2 rings (SSSR count). The summed E-state index contributed by atoms with van der Waals surface area (Å²) in [5.74, 6) is -0.840. The fourth-order valence-electron chi connectivity index (χ4n) is 2.74. The smallest absolute Gasteiger partial charge is 0.318 e. The Labute approximate surface area is 160 Å². The first kappa shape index (κ1) is 21.6. The molecule has 0 radical (unpaired) electrons. The number of thioether (sulfide) groups is 1. The van der Waals surface area contributed by atoms with Crippen LogP contribution in [0.1, 0.15) is 39.5 Å². The van der Waals surface area contributed by atoms with Crippen LogP contribution in [-0.4, -0.2) is 40.7 Å². The fourth-order valence-corrected chi connectivity index (χ4v) is 3.61. The number of hydrogen-bond acceptors (Lipinski definition) is 6. The van der Waals surface area contributed by atoms with Gasteiger partial charge in [-0.25, -0.2) is 15.8 Å². The van der Waals surface area contributed by atoms with Gasteiger partial charge in [-0.3, -0.25) is 10.1 Å². The number of nitrogens with zero attached hydrogens (tertiary/aromatic N) is 1. The number of aliphatic imine (C=N–C) groups is 1. The van der Waals surface area contributed by atoms with E-state index in [0.29, 0.717) is 18.2 Å². The van der Waals surface area contributed by atoms with Crippen molar-refractivity contribution in [2.24, 2.45) is 4.99 Å². The molecule has 27 heavy (non-hydrogen) atoms. The molecule has 0 bridgehead atoms. The second kappa shape index (κ2) is 8.98. The molecule has 2 amide bonds. The Kier molecular flexibility index (Phi) is 7.18. The van der Waals surface area contributed by atoms with Crippen molar-refractivity contribution in [1.29, 1.82) is 0 Å². The van der Waals surface area contributed by atoms with Gasteiger partial charge < -0.3 is 5.32 Å². The van der Waals surface area contributed by atoms with E-state index >= 15 is 0 Å². The van der Waals surface area contributed by atoms with Crippen molar-refractivity contribution in [3.8, 4) is 0 Å². The molecular formula is C16H23F3N5O2S+. The zero-order valence-corrected chi connectivity index (χ0v) is 15.8. The van der Waals surface area contributed by atoms with Gasteiger partial charge in [-0.2, -0.15) is 18.0 Å². The third-order valence-corrected chi connectivity index (χ3v) is 5.11. The molecule has 0 spiro atoms. The standard InChI is InChI=1S/C16H22F3N5O2S/c1-3-4-5-7-15(22-10(2)25)9-11(6-8-20-15)12(26)21-14-24-23-13(27-14)16(17,18)19/h6,8-9,13-14,23-24H,3-5,7H2,1-2H3,(H-,21,22,25,26)/p+1. The molecule has 0 aliphatic carbocycles. The van der Waals surface area contributed by atoms with Crippen molar-refractivity contribution in [2.75, 3.05) is 0 Å². The van der Waals surface area contributed by atoms with Crippen LogP contribution in [0.25, 0.3) is 0 Å². The highest BCUT2D eigenvalue weighted by molar-refractivity contribution is 8.00. The van der Waals surface area contributed by atoms with E-state index in [1.54, 1.807) is 6.08 Å². The summed E-state index contributed by atoms with van der Waals surface area (Å²) in [4.78, 5) is 28.4. The first-order chi connectivity index (χ1) is 12.6. The predicted octanol–water partition coefficient (Wildman–Crippen LogP) is 1.74. The summed E-state index contributed by atoms with van der Waals surface area (Å²) in [5, 5.41) is 3.45. The van der Waals surface area contributed by atoms with E-state index < -0.39 is 28.6 Å². The molecule has 3 atom stereocenters. The van der Waals surface area contributed by atoms with Gasteiger partial charge >= 0.3 is 12.1 Å². The monoisotopic (exact) mass is 406 g/mol. The maximum absolute atomic E-state index is 12.7. The predicted molar refractivity (Wildman–Crippen MR) is 97.2 cm³/mol. The Morgan fingerprint density at radius 3 is 2.70 bits per heavy atom. The average Bonchev–Trinajstić information content (AvgIpc) is 3.03. The molecule has 4 N–H and O–H groups in total. The fraction of sp³-hybridized carbons (Fsp3) is 0.625. The summed E-state index contributed by atoms with van der Waals surface area (Å²) in [6.07, 6.45) is 3.27. The maximum atomic E-state index is 12.7. The molecule has 0 aromatic heterocycles. The molecule has 0 aromatic carbocycles. The number of amides is 2. The number of carbonyl (C=O) groups excluding carboxylic acids is 2. The molecule has 7 nitrogen and oxygen atoms in total. The largest absolute Gasteiger partial charge is 0.414 e. The van der Waals surface area contributed by atoms with E-state index in [0.717, 1.165) is 19.3 Å². The third kappa shape index (κ3) is 6.15. The van der Waals surface area contributed by atoms with Gasteiger partial charge in [0, 0.05) is 13.3 Å². The Morgan fingerprint density at radius 1 is 1.37 bits per heavy atom. The number of hydrazine groups is 1. The van der Waals surface area contributed by atoms with Crippen LogP contribution in [-0.2, 0) is 9.59 Å². The minimum absolute atomic E-state index is 0.230. The van der Waals surface area contributed by atoms with Crippen LogP contribution in [0, 0.1) is 6.42 Å². The Balaban J connectivity index is 2.05. The molecule has 3 unspecified atom stereocenters.